The molecule has 1 aromatic rings. The minimum Gasteiger partial charge on any atom is -0.381 e. The molecule has 2 rings (SSSR count). The maximum atomic E-state index is 5.89. The summed E-state index contributed by atoms with van der Waals surface area (Å²) in [5.41, 5.74) is 1.37. The van der Waals surface area contributed by atoms with Gasteiger partial charge in [0, 0.05) is 45.4 Å². The van der Waals surface area contributed by atoms with Crippen LogP contribution in [0.5, 0.6) is 0 Å². The number of nitrogens with one attached hydrogen (secondary N) is 2. The van der Waals surface area contributed by atoms with Crippen molar-refractivity contribution in [3.8, 4) is 0 Å². The Morgan fingerprint density at radius 3 is 2.54 bits per heavy atom. The van der Waals surface area contributed by atoms with E-state index in [2.05, 4.69) is 59.8 Å². The second kappa shape index (κ2) is 12.5. The lowest BCUT2D eigenvalue weighted by molar-refractivity contribution is -0.0320. The molecule has 0 amide bonds. The first-order valence-electron chi connectivity index (χ1n) is 9.31. The van der Waals surface area contributed by atoms with Crippen LogP contribution in [0.2, 0.25) is 0 Å². The molecular weight excluding hydrogens is 441 g/mol. The molecule has 0 bridgehead atoms. The van der Waals surface area contributed by atoms with Crippen LogP contribution in [-0.2, 0) is 14.9 Å². The number of rotatable bonds is 8. The van der Waals surface area contributed by atoms with E-state index in [0.717, 1.165) is 58.1 Å². The summed E-state index contributed by atoms with van der Waals surface area (Å²) >= 11 is 0. The van der Waals surface area contributed by atoms with Crippen molar-refractivity contribution in [2.75, 3.05) is 40.0 Å². The fourth-order valence-electron chi connectivity index (χ4n) is 2.89. The molecular formula is C20H34IN3O2. The predicted octanol–water partition coefficient (Wildman–Crippen LogP) is 3.33. The lowest BCUT2D eigenvalue weighted by Crippen LogP contribution is -2.43. The molecule has 2 N–H and O–H groups in total. The highest BCUT2D eigenvalue weighted by Crippen LogP contribution is 2.21. The van der Waals surface area contributed by atoms with E-state index in [0.29, 0.717) is 6.10 Å². The number of ether oxygens (including phenoxy) is 2. The van der Waals surface area contributed by atoms with Gasteiger partial charge in [0.15, 0.2) is 5.96 Å². The van der Waals surface area contributed by atoms with Crippen LogP contribution in [0.25, 0.3) is 0 Å². The third-order valence-corrected chi connectivity index (χ3v) is 4.61. The molecule has 1 aliphatic rings. The minimum atomic E-state index is 0. The molecule has 1 heterocycles. The van der Waals surface area contributed by atoms with Crippen molar-refractivity contribution in [2.24, 2.45) is 4.99 Å². The Hall–Kier alpha value is -0.860. The Morgan fingerprint density at radius 1 is 1.19 bits per heavy atom. The van der Waals surface area contributed by atoms with Gasteiger partial charge in [-0.05, 0) is 24.8 Å². The number of halogens is 1. The Balaban J connectivity index is 0.00000338. The first-order chi connectivity index (χ1) is 12.1. The molecule has 1 aromatic carbocycles. The van der Waals surface area contributed by atoms with E-state index in [-0.39, 0.29) is 29.4 Å². The van der Waals surface area contributed by atoms with E-state index in [1.54, 1.807) is 0 Å². The molecule has 5 nitrogen and oxygen atoms in total. The van der Waals surface area contributed by atoms with E-state index in [9.17, 15) is 0 Å². The maximum Gasteiger partial charge on any atom is 0.191 e. The monoisotopic (exact) mass is 475 g/mol. The van der Waals surface area contributed by atoms with Crippen molar-refractivity contribution in [2.45, 2.75) is 44.6 Å². The Bertz CT molecular complexity index is 517. The summed E-state index contributed by atoms with van der Waals surface area (Å²) < 4.78 is 11.2. The second-order valence-electron chi connectivity index (χ2n) is 7.14. The first kappa shape index (κ1) is 23.2. The Kier molecular flexibility index (Phi) is 11.2. The minimum absolute atomic E-state index is 0. The highest BCUT2D eigenvalue weighted by molar-refractivity contribution is 14.0. The van der Waals surface area contributed by atoms with Crippen LogP contribution < -0.4 is 10.6 Å². The number of guanidine groups is 1. The average molecular weight is 475 g/mol. The molecule has 0 unspecified atom stereocenters. The fourth-order valence-corrected chi connectivity index (χ4v) is 2.89. The van der Waals surface area contributed by atoms with Gasteiger partial charge in [0.25, 0.3) is 0 Å². The molecule has 1 aliphatic heterocycles. The van der Waals surface area contributed by atoms with E-state index >= 15 is 0 Å². The standard InChI is InChI=1S/C20H33N3O2.HI/c1-20(2,17-8-5-4-6-9-17)16-23-19(21-3)22-12-7-13-25-18-10-14-24-15-11-18;/h4-6,8-9,18H,7,10-16H2,1-3H3,(H2,21,22,23);1H. The quantitative estimate of drug-likeness (QED) is 0.262. The first-order valence-corrected chi connectivity index (χ1v) is 9.31. The average Bonchev–Trinajstić information content (AvgIpc) is 2.65. The summed E-state index contributed by atoms with van der Waals surface area (Å²) in [5.74, 6) is 0.843. The molecule has 0 atom stereocenters. The van der Waals surface area contributed by atoms with E-state index in [1.165, 1.54) is 5.56 Å². The normalized spacial score (nSPS) is 16.0. The van der Waals surface area contributed by atoms with E-state index in [4.69, 9.17) is 9.47 Å². The smallest absolute Gasteiger partial charge is 0.191 e. The zero-order chi connectivity index (χ0) is 18.0. The van der Waals surface area contributed by atoms with Crippen LogP contribution in [0.3, 0.4) is 0 Å². The topological polar surface area (TPSA) is 54.9 Å². The summed E-state index contributed by atoms with van der Waals surface area (Å²) in [5, 5.41) is 6.80. The van der Waals surface area contributed by atoms with Gasteiger partial charge in [0.1, 0.15) is 0 Å². The highest BCUT2D eigenvalue weighted by Gasteiger charge is 2.20. The van der Waals surface area contributed by atoms with Gasteiger partial charge in [-0.2, -0.15) is 0 Å². The van der Waals surface area contributed by atoms with Crippen molar-refractivity contribution < 1.29 is 9.47 Å². The third kappa shape index (κ3) is 8.22. The molecule has 0 aliphatic carbocycles. The van der Waals surface area contributed by atoms with Crippen molar-refractivity contribution in [3.63, 3.8) is 0 Å². The summed E-state index contributed by atoms with van der Waals surface area (Å²) in [6, 6.07) is 10.6. The number of nitrogens with zero attached hydrogens (tertiary/aromatic N) is 1. The number of aliphatic imine (C=N–C) groups is 1. The summed E-state index contributed by atoms with van der Waals surface area (Å²) in [4.78, 5) is 4.31. The van der Waals surface area contributed by atoms with E-state index < -0.39 is 0 Å². The number of hydrogen-bond donors (Lipinski definition) is 2. The predicted molar refractivity (Wildman–Crippen MR) is 119 cm³/mol. The van der Waals surface area contributed by atoms with Crippen molar-refractivity contribution in [1.29, 1.82) is 0 Å². The zero-order valence-corrected chi connectivity index (χ0v) is 18.6. The number of hydrogen-bond acceptors (Lipinski definition) is 3. The lowest BCUT2D eigenvalue weighted by Gasteiger charge is -2.27. The SMILES string of the molecule is CN=C(NCCCOC1CCOCC1)NCC(C)(C)c1ccccc1.I. The van der Waals surface area contributed by atoms with Gasteiger partial charge in [0.2, 0.25) is 0 Å². The van der Waals surface area contributed by atoms with Crippen molar-refractivity contribution in [1.82, 2.24) is 10.6 Å². The Labute approximate surface area is 175 Å². The third-order valence-electron chi connectivity index (χ3n) is 4.61. The van der Waals surface area contributed by atoms with Crippen LogP contribution >= 0.6 is 24.0 Å². The van der Waals surface area contributed by atoms with E-state index in [1.807, 2.05) is 7.05 Å². The highest BCUT2D eigenvalue weighted by atomic mass is 127. The Morgan fingerprint density at radius 2 is 1.88 bits per heavy atom. The van der Waals surface area contributed by atoms with Crippen LogP contribution in [0.4, 0.5) is 0 Å². The van der Waals surface area contributed by atoms with Crippen LogP contribution in [0.1, 0.15) is 38.7 Å². The lowest BCUT2D eigenvalue weighted by atomic mass is 9.85. The molecule has 1 fully saturated rings. The van der Waals surface area contributed by atoms with Crippen molar-refractivity contribution >= 4 is 29.9 Å². The van der Waals surface area contributed by atoms with Gasteiger partial charge in [-0.3, -0.25) is 4.99 Å². The number of benzene rings is 1. The van der Waals surface area contributed by atoms with Crippen LogP contribution in [0.15, 0.2) is 35.3 Å². The van der Waals surface area contributed by atoms with Gasteiger partial charge >= 0.3 is 0 Å². The van der Waals surface area contributed by atoms with Crippen molar-refractivity contribution in [3.05, 3.63) is 35.9 Å². The molecule has 0 aromatic heterocycles. The fraction of sp³-hybridized carbons (Fsp3) is 0.650. The van der Waals surface area contributed by atoms with Crippen LogP contribution in [0, 0.1) is 0 Å². The molecule has 0 spiro atoms. The van der Waals surface area contributed by atoms with Gasteiger partial charge in [0.05, 0.1) is 6.10 Å². The van der Waals surface area contributed by atoms with Gasteiger partial charge in [-0.1, -0.05) is 44.2 Å². The molecule has 0 radical (unpaired) electrons. The zero-order valence-electron chi connectivity index (χ0n) is 16.3. The van der Waals surface area contributed by atoms with Gasteiger partial charge in [-0.25, -0.2) is 0 Å². The maximum absolute atomic E-state index is 5.89. The molecule has 148 valence electrons. The summed E-state index contributed by atoms with van der Waals surface area (Å²) in [7, 11) is 1.81. The van der Waals surface area contributed by atoms with Gasteiger partial charge in [-0.15, -0.1) is 24.0 Å². The largest absolute Gasteiger partial charge is 0.381 e. The van der Waals surface area contributed by atoms with Gasteiger partial charge < -0.3 is 20.1 Å². The summed E-state index contributed by atoms with van der Waals surface area (Å²) in [6.07, 6.45) is 3.38. The summed E-state index contributed by atoms with van der Waals surface area (Å²) in [6.45, 7) is 8.61. The second-order valence-corrected chi connectivity index (χ2v) is 7.14. The van der Waals surface area contributed by atoms with Crippen LogP contribution in [-0.4, -0.2) is 52.0 Å². The molecule has 6 heteroatoms. The molecule has 0 saturated carbocycles. The molecule has 1 saturated heterocycles. The molecule has 26 heavy (non-hydrogen) atoms.